The van der Waals surface area contributed by atoms with E-state index in [0.717, 1.165) is 16.5 Å². The van der Waals surface area contributed by atoms with Crippen molar-refractivity contribution in [2.45, 2.75) is 0 Å². The van der Waals surface area contributed by atoms with Gasteiger partial charge in [-0.1, -0.05) is 12.1 Å². The van der Waals surface area contributed by atoms with Crippen molar-refractivity contribution < 1.29 is 14.3 Å². The number of aromatic amines is 1. The molecule has 0 aliphatic carbocycles. The Bertz CT molecular complexity index is 1250. The van der Waals surface area contributed by atoms with Crippen LogP contribution in [0.2, 0.25) is 0 Å². The van der Waals surface area contributed by atoms with Crippen LogP contribution in [0.15, 0.2) is 48.7 Å². The van der Waals surface area contributed by atoms with Crippen LogP contribution in [0.25, 0.3) is 22.3 Å². The van der Waals surface area contributed by atoms with Crippen LogP contribution in [0.4, 0.5) is 5.95 Å². The molecule has 10 heteroatoms. The van der Waals surface area contributed by atoms with Gasteiger partial charge in [0.2, 0.25) is 5.95 Å². The quantitative estimate of drug-likeness (QED) is 0.495. The number of morpholine rings is 1. The van der Waals surface area contributed by atoms with E-state index in [4.69, 9.17) is 14.5 Å². The summed E-state index contributed by atoms with van der Waals surface area (Å²) in [5, 5.41) is 10.6. The Morgan fingerprint density at radius 1 is 1.09 bits per heavy atom. The summed E-state index contributed by atoms with van der Waals surface area (Å²) in [6.07, 6.45) is 1.75. The van der Waals surface area contributed by atoms with Gasteiger partial charge in [0.1, 0.15) is 5.75 Å². The van der Waals surface area contributed by atoms with Crippen molar-refractivity contribution in [2.75, 3.05) is 38.3 Å². The van der Waals surface area contributed by atoms with Crippen molar-refractivity contribution in [3.63, 3.8) is 0 Å². The average molecular weight is 431 g/mol. The molecule has 3 heterocycles. The second-order valence-electron chi connectivity index (χ2n) is 7.18. The number of aromatic nitrogens is 5. The lowest BCUT2D eigenvalue weighted by molar-refractivity contribution is 0.0963. The normalized spacial score (nSPS) is 13.8. The first-order chi connectivity index (χ1) is 15.7. The maximum absolute atomic E-state index is 11.8. The molecule has 1 amide bonds. The summed E-state index contributed by atoms with van der Waals surface area (Å²) in [5.74, 6) is 1.37. The molecule has 0 atom stereocenters. The van der Waals surface area contributed by atoms with Gasteiger partial charge >= 0.3 is 6.01 Å². The first-order valence-electron chi connectivity index (χ1n) is 10.2. The number of carbonyl (C=O) groups excluding carboxylic acids is 1. The second kappa shape index (κ2) is 8.60. The molecule has 2 aromatic heterocycles. The van der Waals surface area contributed by atoms with Gasteiger partial charge in [0.25, 0.3) is 5.91 Å². The van der Waals surface area contributed by atoms with E-state index in [9.17, 15) is 4.79 Å². The van der Waals surface area contributed by atoms with Crippen molar-refractivity contribution in [3.8, 4) is 23.1 Å². The topological polar surface area (TPSA) is 118 Å². The zero-order valence-electron chi connectivity index (χ0n) is 17.4. The van der Waals surface area contributed by atoms with Crippen LogP contribution < -0.4 is 15.0 Å². The molecule has 1 fully saturated rings. The maximum Gasteiger partial charge on any atom is 0.327 e. The van der Waals surface area contributed by atoms with Gasteiger partial charge in [0, 0.05) is 36.7 Å². The van der Waals surface area contributed by atoms with Gasteiger partial charge in [-0.3, -0.25) is 9.89 Å². The fourth-order valence-electron chi connectivity index (χ4n) is 3.50. The number of H-pyrrole nitrogens is 1. The molecule has 2 aromatic carbocycles. The number of anilines is 1. The van der Waals surface area contributed by atoms with Crippen molar-refractivity contribution in [3.05, 3.63) is 54.2 Å². The largest absolute Gasteiger partial charge is 0.424 e. The summed E-state index contributed by atoms with van der Waals surface area (Å²) in [4.78, 5) is 27.7. The molecule has 32 heavy (non-hydrogen) atoms. The molecule has 5 rings (SSSR count). The minimum Gasteiger partial charge on any atom is -0.424 e. The van der Waals surface area contributed by atoms with Crippen LogP contribution in [-0.2, 0) is 4.74 Å². The van der Waals surface area contributed by atoms with E-state index in [1.54, 1.807) is 37.5 Å². The predicted octanol–water partition coefficient (Wildman–Crippen LogP) is 2.40. The van der Waals surface area contributed by atoms with Gasteiger partial charge in [0.15, 0.2) is 5.82 Å². The number of amides is 1. The molecule has 10 nitrogen and oxygen atoms in total. The smallest absolute Gasteiger partial charge is 0.327 e. The highest BCUT2D eigenvalue weighted by Gasteiger charge is 2.19. The molecule has 1 aliphatic rings. The van der Waals surface area contributed by atoms with E-state index in [1.165, 1.54) is 0 Å². The number of rotatable bonds is 5. The summed E-state index contributed by atoms with van der Waals surface area (Å²) < 4.78 is 11.4. The Kier molecular flexibility index (Phi) is 5.34. The Balaban J connectivity index is 1.53. The van der Waals surface area contributed by atoms with Crippen LogP contribution in [0, 0.1) is 0 Å². The number of benzene rings is 2. The highest BCUT2D eigenvalue weighted by Crippen LogP contribution is 2.29. The van der Waals surface area contributed by atoms with E-state index < -0.39 is 0 Å². The lowest BCUT2D eigenvalue weighted by atomic mass is 10.1. The van der Waals surface area contributed by atoms with Crippen LogP contribution in [0.5, 0.6) is 11.8 Å². The Morgan fingerprint density at radius 2 is 1.91 bits per heavy atom. The van der Waals surface area contributed by atoms with Crippen LogP contribution in [0.3, 0.4) is 0 Å². The molecule has 0 saturated carbocycles. The third-order valence-electron chi connectivity index (χ3n) is 5.18. The standard InChI is InChI=1S/C22H21N7O3/c1-23-20(30)14-5-7-15(8-6-14)32-22-26-19(16-3-2-4-18-17(16)13-24-28-18)25-21(27-22)29-9-11-31-12-10-29/h2-8,13H,9-12H2,1H3,(H,23,30)(H,24,28). The molecule has 0 radical (unpaired) electrons. The molecule has 0 unspecified atom stereocenters. The number of nitrogens with zero attached hydrogens (tertiary/aromatic N) is 5. The SMILES string of the molecule is CNC(=O)c1ccc(Oc2nc(-c3cccc4[nH]ncc34)nc(N3CCOCC3)n2)cc1. The molecular formula is C22H21N7O3. The minimum atomic E-state index is -0.165. The average Bonchev–Trinajstić information content (AvgIpc) is 3.33. The number of carbonyl (C=O) groups is 1. The number of fused-ring (bicyclic) bond motifs is 1. The first-order valence-corrected chi connectivity index (χ1v) is 10.2. The van der Waals surface area contributed by atoms with E-state index in [2.05, 4.69) is 25.5 Å². The van der Waals surface area contributed by atoms with Crippen LogP contribution >= 0.6 is 0 Å². The summed E-state index contributed by atoms with van der Waals surface area (Å²) in [6, 6.07) is 12.8. The summed E-state index contributed by atoms with van der Waals surface area (Å²) in [5.41, 5.74) is 2.26. The fourth-order valence-corrected chi connectivity index (χ4v) is 3.50. The minimum absolute atomic E-state index is 0.165. The highest BCUT2D eigenvalue weighted by molar-refractivity contribution is 5.94. The van der Waals surface area contributed by atoms with Crippen molar-refractivity contribution >= 4 is 22.8 Å². The molecular weight excluding hydrogens is 410 g/mol. The summed E-state index contributed by atoms with van der Waals surface area (Å²) >= 11 is 0. The Labute approximate surface area is 183 Å². The van der Waals surface area contributed by atoms with Crippen LogP contribution in [0.1, 0.15) is 10.4 Å². The lowest BCUT2D eigenvalue weighted by Gasteiger charge is -2.27. The monoisotopic (exact) mass is 431 g/mol. The molecule has 2 N–H and O–H groups in total. The van der Waals surface area contributed by atoms with E-state index in [0.29, 0.717) is 49.4 Å². The molecule has 4 aromatic rings. The predicted molar refractivity (Wildman–Crippen MR) is 118 cm³/mol. The van der Waals surface area contributed by atoms with Gasteiger partial charge in [-0.25, -0.2) is 0 Å². The van der Waals surface area contributed by atoms with E-state index >= 15 is 0 Å². The van der Waals surface area contributed by atoms with Gasteiger partial charge < -0.3 is 19.7 Å². The molecule has 162 valence electrons. The Hall–Kier alpha value is -4.05. The number of hydrogen-bond acceptors (Lipinski definition) is 8. The maximum atomic E-state index is 11.8. The first kappa shape index (κ1) is 19.9. The summed E-state index contributed by atoms with van der Waals surface area (Å²) in [6.45, 7) is 2.57. The van der Waals surface area contributed by atoms with Gasteiger partial charge in [0.05, 0.1) is 24.9 Å². The Morgan fingerprint density at radius 3 is 2.69 bits per heavy atom. The van der Waals surface area contributed by atoms with Gasteiger partial charge in [-0.05, 0) is 30.3 Å². The zero-order chi connectivity index (χ0) is 21.9. The third-order valence-corrected chi connectivity index (χ3v) is 5.18. The summed E-state index contributed by atoms with van der Waals surface area (Å²) in [7, 11) is 1.59. The third kappa shape index (κ3) is 3.95. The fraction of sp³-hybridized carbons (Fsp3) is 0.227. The van der Waals surface area contributed by atoms with Gasteiger partial charge in [-0.15, -0.1) is 0 Å². The van der Waals surface area contributed by atoms with E-state index in [1.807, 2.05) is 23.1 Å². The molecule has 0 spiro atoms. The number of nitrogens with one attached hydrogen (secondary N) is 2. The zero-order valence-corrected chi connectivity index (χ0v) is 17.4. The lowest BCUT2D eigenvalue weighted by Crippen LogP contribution is -2.37. The van der Waals surface area contributed by atoms with E-state index in [-0.39, 0.29) is 11.9 Å². The number of hydrogen-bond donors (Lipinski definition) is 2. The second-order valence-corrected chi connectivity index (χ2v) is 7.18. The molecule has 0 bridgehead atoms. The highest BCUT2D eigenvalue weighted by atomic mass is 16.5. The van der Waals surface area contributed by atoms with Gasteiger partial charge in [-0.2, -0.15) is 20.1 Å². The van der Waals surface area contributed by atoms with Crippen LogP contribution in [-0.4, -0.2) is 64.4 Å². The van der Waals surface area contributed by atoms with Crippen molar-refractivity contribution in [1.29, 1.82) is 0 Å². The number of ether oxygens (including phenoxy) is 2. The molecule has 1 saturated heterocycles. The molecule has 1 aliphatic heterocycles. The van der Waals surface area contributed by atoms with Crippen molar-refractivity contribution in [2.24, 2.45) is 0 Å². The van der Waals surface area contributed by atoms with Crippen molar-refractivity contribution in [1.82, 2.24) is 30.5 Å².